The van der Waals surface area contributed by atoms with E-state index in [-0.39, 0.29) is 17.4 Å². The maximum atomic E-state index is 11.9. The number of benzene rings is 1. The van der Waals surface area contributed by atoms with Crippen LogP contribution in [0.4, 0.5) is 13.2 Å². The predicted molar refractivity (Wildman–Crippen MR) is 46.4 cm³/mol. The van der Waals surface area contributed by atoms with Crippen LogP contribution in [0, 0.1) is 12.3 Å². The molecule has 0 heterocycles. The van der Waals surface area contributed by atoms with Crippen LogP contribution in [0.3, 0.4) is 0 Å². The number of terminal acetylenes is 1. The van der Waals surface area contributed by atoms with Crippen LogP contribution in [0.5, 0.6) is 5.75 Å². The standard InChI is InChI=1S/C10H5F3O2/c1-2-7-3-4-8(6-14)9(5-7)15-10(11,12)13/h1,3-6H. The van der Waals surface area contributed by atoms with Gasteiger partial charge in [-0.05, 0) is 18.2 Å². The lowest BCUT2D eigenvalue weighted by Gasteiger charge is -2.10. The highest BCUT2D eigenvalue weighted by Gasteiger charge is 2.32. The summed E-state index contributed by atoms with van der Waals surface area (Å²) in [5.74, 6) is 1.55. The van der Waals surface area contributed by atoms with Gasteiger partial charge in [-0.15, -0.1) is 19.6 Å². The van der Waals surface area contributed by atoms with Gasteiger partial charge < -0.3 is 4.74 Å². The predicted octanol–water partition coefficient (Wildman–Crippen LogP) is 2.38. The van der Waals surface area contributed by atoms with Gasteiger partial charge in [0.05, 0.1) is 5.56 Å². The first-order chi connectivity index (χ1) is 6.96. The van der Waals surface area contributed by atoms with E-state index < -0.39 is 12.1 Å². The number of carbonyl (C=O) groups is 1. The van der Waals surface area contributed by atoms with E-state index in [0.29, 0.717) is 0 Å². The van der Waals surface area contributed by atoms with Crippen molar-refractivity contribution in [2.24, 2.45) is 0 Å². The van der Waals surface area contributed by atoms with E-state index in [1.54, 1.807) is 0 Å². The molecule has 0 aliphatic rings. The van der Waals surface area contributed by atoms with Gasteiger partial charge in [-0.2, -0.15) is 0 Å². The van der Waals surface area contributed by atoms with Gasteiger partial charge in [0.1, 0.15) is 5.75 Å². The summed E-state index contributed by atoms with van der Waals surface area (Å²) in [6.07, 6.45) is 0.422. The third-order valence-electron chi connectivity index (χ3n) is 1.53. The Balaban J connectivity index is 3.13. The zero-order chi connectivity index (χ0) is 11.5. The molecule has 0 spiro atoms. The van der Waals surface area contributed by atoms with Gasteiger partial charge in [-0.3, -0.25) is 4.79 Å². The van der Waals surface area contributed by atoms with Gasteiger partial charge in [0, 0.05) is 5.56 Å². The van der Waals surface area contributed by atoms with Crippen molar-refractivity contribution >= 4 is 6.29 Å². The highest BCUT2D eigenvalue weighted by atomic mass is 19.4. The minimum absolute atomic E-state index is 0.202. The normalized spacial score (nSPS) is 10.5. The first-order valence-corrected chi connectivity index (χ1v) is 3.78. The van der Waals surface area contributed by atoms with E-state index in [4.69, 9.17) is 6.42 Å². The van der Waals surface area contributed by atoms with Gasteiger partial charge in [-0.25, -0.2) is 0 Å². The number of rotatable bonds is 2. The third kappa shape index (κ3) is 3.02. The van der Waals surface area contributed by atoms with Crippen LogP contribution in [0.25, 0.3) is 0 Å². The number of hydrogen-bond acceptors (Lipinski definition) is 2. The molecule has 5 heteroatoms. The number of hydrogen-bond donors (Lipinski definition) is 0. The van der Waals surface area contributed by atoms with Crippen LogP contribution in [0.2, 0.25) is 0 Å². The lowest BCUT2D eigenvalue weighted by atomic mass is 10.1. The molecule has 0 atom stereocenters. The molecule has 1 aromatic rings. The van der Waals surface area contributed by atoms with Crippen molar-refractivity contribution in [3.05, 3.63) is 29.3 Å². The van der Waals surface area contributed by atoms with Crippen molar-refractivity contribution in [2.75, 3.05) is 0 Å². The van der Waals surface area contributed by atoms with Crippen LogP contribution in [-0.2, 0) is 0 Å². The number of halogens is 3. The molecule has 2 nitrogen and oxygen atoms in total. The van der Waals surface area contributed by atoms with E-state index in [2.05, 4.69) is 10.7 Å². The maximum Gasteiger partial charge on any atom is 0.573 e. The summed E-state index contributed by atoms with van der Waals surface area (Å²) < 4.78 is 39.3. The lowest BCUT2D eigenvalue weighted by Crippen LogP contribution is -2.18. The lowest BCUT2D eigenvalue weighted by molar-refractivity contribution is -0.274. The Morgan fingerprint density at radius 1 is 1.40 bits per heavy atom. The molecule has 0 saturated heterocycles. The smallest absolute Gasteiger partial charge is 0.405 e. The molecule has 0 amide bonds. The molecule has 0 radical (unpaired) electrons. The molecule has 0 N–H and O–H groups in total. The monoisotopic (exact) mass is 214 g/mol. The molecule has 0 fully saturated rings. The van der Waals surface area contributed by atoms with Crippen LogP contribution in [0.1, 0.15) is 15.9 Å². The fourth-order valence-corrected chi connectivity index (χ4v) is 0.935. The van der Waals surface area contributed by atoms with E-state index >= 15 is 0 Å². The SMILES string of the molecule is C#Cc1ccc(C=O)c(OC(F)(F)F)c1. The van der Waals surface area contributed by atoms with Crippen molar-refractivity contribution in [2.45, 2.75) is 6.36 Å². The first-order valence-electron chi connectivity index (χ1n) is 3.78. The highest BCUT2D eigenvalue weighted by Crippen LogP contribution is 2.26. The van der Waals surface area contributed by atoms with Crippen LogP contribution in [0.15, 0.2) is 18.2 Å². The molecule has 1 aromatic carbocycles. The average Bonchev–Trinajstić information content (AvgIpc) is 2.15. The molecule has 0 unspecified atom stereocenters. The summed E-state index contributed by atoms with van der Waals surface area (Å²) in [6.45, 7) is 0. The molecule has 1 rings (SSSR count). The second kappa shape index (κ2) is 4.05. The summed E-state index contributed by atoms with van der Waals surface area (Å²) in [7, 11) is 0. The Bertz CT molecular complexity index is 416. The summed E-state index contributed by atoms with van der Waals surface area (Å²) >= 11 is 0. The van der Waals surface area contributed by atoms with Crippen molar-refractivity contribution < 1.29 is 22.7 Å². The molecular formula is C10H5F3O2. The molecule has 0 bridgehead atoms. The van der Waals surface area contributed by atoms with E-state index in [1.165, 1.54) is 12.1 Å². The van der Waals surface area contributed by atoms with Gasteiger partial charge >= 0.3 is 6.36 Å². The summed E-state index contributed by atoms with van der Waals surface area (Å²) in [5, 5.41) is 0. The van der Waals surface area contributed by atoms with Gasteiger partial charge in [0.15, 0.2) is 6.29 Å². The zero-order valence-electron chi connectivity index (χ0n) is 7.34. The highest BCUT2D eigenvalue weighted by molar-refractivity contribution is 5.79. The van der Waals surface area contributed by atoms with Crippen molar-refractivity contribution in [1.29, 1.82) is 0 Å². The topological polar surface area (TPSA) is 26.3 Å². The van der Waals surface area contributed by atoms with Crippen LogP contribution < -0.4 is 4.74 Å². The van der Waals surface area contributed by atoms with Crippen LogP contribution >= 0.6 is 0 Å². The number of ether oxygens (including phenoxy) is 1. The maximum absolute atomic E-state index is 11.9. The Labute approximate surface area is 83.7 Å². The fraction of sp³-hybridized carbons (Fsp3) is 0.100. The summed E-state index contributed by atoms with van der Waals surface area (Å²) in [4.78, 5) is 10.4. The molecule has 0 aliphatic carbocycles. The first kappa shape index (κ1) is 11.1. The Morgan fingerprint density at radius 3 is 2.53 bits per heavy atom. The van der Waals surface area contributed by atoms with Gasteiger partial charge in [-0.1, -0.05) is 5.92 Å². The number of carbonyl (C=O) groups excluding carboxylic acids is 1. The van der Waals surface area contributed by atoms with Gasteiger partial charge in [0.2, 0.25) is 0 Å². The Hall–Kier alpha value is -1.96. The summed E-state index contributed by atoms with van der Waals surface area (Å²) in [6, 6.07) is 3.51. The molecule has 0 aliphatic heterocycles. The van der Waals surface area contributed by atoms with Crippen molar-refractivity contribution in [1.82, 2.24) is 0 Å². The average molecular weight is 214 g/mol. The molecular weight excluding hydrogens is 209 g/mol. The van der Waals surface area contributed by atoms with E-state index in [9.17, 15) is 18.0 Å². The minimum Gasteiger partial charge on any atom is -0.405 e. The second-order valence-electron chi connectivity index (χ2n) is 2.56. The summed E-state index contributed by atoms with van der Waals surface area (Å²) in [5.41, 5.74) is 0.00572. The number of aldehydes is 1. The molecule has 0 saturated carbocycles. The second-order valence-corrected chi connectivity index (χ2v) is 2.56. The van der Waals surface area contributed by atoms with Gasteiger partial charge in [0.25, 0.3) is 0 Å². The molecule has 0 aromatic heterocycles. The zero-order valence-corrected chi connectivity index (χ0v) is 7.34. The van der Waals surface area contributed by atoms with Crippen molar-refractivity contribution in [3.8, 4) is 18.1 Å². The minimum atomic E-state index is -4.84. The number of alkyl halides is 3. The fourth-order valence-electron chi connectivity index (χ4n) is 0.935. The largest absolute Gasteiger partial charge is 0.573 e. The van der Waals surface area contributed by atoms with Crippen LogP contribution in [-0.4, -0.2) is 12.6 Å². The molecule has 15 heavy (non-hydrogen) atoms. The Kier molecular flexibility index (Phi) is 3.00. The quantitative estimate of drug-likeness (QED) is 0.558. The molecule has 78 valence electrons. The third-order valence-corrected chi connectivity index (χ3v) is 1.53. The van der Waals surface area contributed by atoms with E-state index in [1.807, 2.05) is 0 Å². The van der Waals surface area contributed by atoms with E-state index in [0.717, 1.165) is 6.07 Å². The van der Waals surface area contributed by atoms with Crippen molar-refractivity contribution in [3.63, 3.8) is 0 Å². The Morgan fingerprint density at radius 2 is 2.07 bits per heavy atom.